The van der Waals surface area contributed by atoms with Crippen LogP contribution in [0.25, 0.3) is 0 Å². The molecule has 0 bridgehead atoms. The van der Waals surface area contributed by atoms with Crippen LogP contribution < -0.4 is 15.2 Å². The van der Waals surface area contributed by atoms with E-state index in [0.29, 0.717) is 38.3 Å². The summed E-state index contributed by atoms with van der Waals surface area (Å²) in [5.41, 5.74) is 0.960. The summed E-state index contributed by atoms with van der Waals surface area (Å²) in [6.45, 7) is 2.51. The summed E-state index contributed by atoms with van der Waals surface area (Å²) in [4.78, 5) is 14.3. The molecule has 1 saturated heterocycles. The lowest BCUT2D eigenvalue weighted by molar-refractivity contribution is -0.129. The highest BCUT2D eigenvalue weighted by Crippen LogP contribution is 2.22. The molecule has 3 N–H and O–H groups in total. The highest BCUT2D eigenvalue weighted by molar-refractivity contribution is 7.89. The lowest BCUT2D eigenvalue weighted by atomic mass is 10.1. The normalized spacial score (nSPS) is 16.6. The molecule has 0 unspecified atom stereocenters. The highest BCUT2D eigenvalue weighted by Gasteiger charge is 2.29. The van der Waals surface area contributed by atoms with Crippen LogP contribution in [0, 0.1) is 5.82 Å². The average Bonchev–Trinajstić information content (AvgIpc) is 3.09. The second kappa shape index (κ2) is 10.7. The number of hydrogen-bond donors (Lipinski definition) is 2. The maximum atomic E-state index is 12.9. The minimum Gasteiger partial charge on any atom is -0.492 e. The monoisotopic (exact) mass is 449 g/mol. The molecule has 31 heavy (non-hydrogen) atoms. The van der Waals surface area contributed by atoms with E-state index >= 15 is 0 Å². The van der Waals surface area contributed by atoms with Crippen molar-refractivity contribution in [1.82, 2.24) is 10.2 Å². The summed E-state index contributed by atoms with van der Waals surface area (Å²) in [5.74, 6) is 0.500. The lowest BCUT2D eigenvalue weighted by Crippen LogP contribution is -2.37. The molecule has 0 saturated carbocycles. The zero-order chi connectivity index (χ0) is 22.3. The van der Waals surface area contributed by atoms with Crippen LogP contribution >= 0.6 is 0 Å². The van der Waals surface area contributed by atoms with Gasteiger partial charge in [0, 0.05) is 25.6 Å². The van der Waals surface area contributed by atoms with Crippen molar-refractivity contribution in [3.8, 4) is 5.75 Å². The maximum absolute atomic E-state index is 12.9. The van der Waals surface area contributed by atoms with Gasteiger partial charge in [0.05, 0.1) is 4.90 Å². The summed E-state index contributed by atoms with van der Waals surface area (Å²) in [6.07, 6.45) is 2.92. The fourth-order valence-corrected chi connectivity index (χ4v) is 4.18. The van der Waals surface area contributed by atoms with Crippen LogP contribution in [0.2, 0.25) is 0 Å². The molecule has 0 aliphatic carbocycles. The van der Waals surface area contributed by atoms with Gasteiger partial charge < -0.3 is 15.0 Å². The predicted molar refractivity (Wildman–Crippen MR) is 116 cm³/mol. The number of halogens is 1. The van der Waals surface area contributed by atoms with Gasteiger partial charge in [-0.1, -0.05) is 12.1 Å². The molecule has 1 aliphatic heterocycles. The Labute approximate surface area is 182 Å². The summed E-state index contributed by atoms with van der Waals surface area (Å²) >= 11 is 0. The van der Waals surface area contributed by atoms with Gasteiger partial charge in [-0.3, -0.25) is 4.79 Å². The van der Waals surface area contributed by atoms with E-state index in [-0.39, 0.29) is 22.7 Å². The van der Waals surface area contributed by atoms with Crippen molar-refractivity contribution in [3.63, 3.8) is 0 Å². The van der Waals surface area contributed by atoms with E-state index in [2.05, 4.69) is 5.32 Å². The molecule has 1 heterocycles. The Morgan fingerprint density at radius 2 is 1.81 bits per heavy atom. The van der Waals surface area contributed by atoms with Crippen LogP contribution in [0.1, 0.15) is 24.8 Å². The minimum atomic E-state index is -3.70. The number of carbonyl (C=O) groups excluding carboxylic acids is 1. The number of nitrogens with one attached hydrogen (secondary N) is 1. The quantitative estimate of drug-likeness (QED) is 0.512. The summed E-state index contributed by atoms with van der Waals surface area (Å²) in [7, 11) is -3.70. The first-order valence-electron chi connectivity index (χ1n) is 10.3. The standard InChI is InChI=1S/C22H28FN3O4S/c23-18-3-6-20(7-4-18)30-16-14-25-13-11-19-5-10-22(27)26(19)15-12-17-1-8-21(9-2-17)31(24,28)29/h1-4,6-9,19,25H,5,10-16H2,(H2,24,28,29)/t19-/m0/s1. The number of rotatable bonds is 11. The van der Waals surface area contributed by atoms with Gasteiger partial charge >= 0.3 is 0 Å². The van der Waals surface area contributed by atoms with Crippen molar-refractivity contribution < 1.29 is 22.3 Å². The van der Waals surface area contributed by atoms with Gasteiger partial charge in [-0.25, -0.2) is 17.9 Å². The van der Waals surface area contributed by atoms with Crippen LogP contribution in [-0.4, -0.2) is 51.5 Å². The predicted octanol–water partition coefficient (Wildman–Crippen LogP) is 2.07. The molecule has 1 aliphatic rings. The molecule has 168 valence electrons. The third-order valence-electron chi connectivity index (χ3n) is 5.36. The first kappa shape index (κ1) is 23.2. The van der Waals surface area contributed by atoms with E-state index < -0.39 is 10.0 Å². The third kappa shape index (κ3) is 7.02. The number of primary sulfonamides is 1. The molecule has 1 atom stereocenters. The van der Waals surface area contributed by atoms with Crippen molar-refractivity contribution in [2.75, 3.05) is 26.2 Å². The van der Waals surface area contributed by atoms with Crippen LogP contribution in [-0.2, 0) is 21.2 Å². The van der Waals surface area contributed by atoms with Crippen LogP contribution in [0.4, 0.5) is 4.39 Å². The number of nitrogens with two attached hydrogens (primary N) is 1. The van der Waals surface area contributed by atoms with E-state index in [1.807, 2.05) is 4.90 Å². The number of amides is 1. The van der Waals surface area contributed by atoms with Gasteiger partial charge in [0.2, 0.25) is 15.9 Å². The molecule has 0 aromatic heterocycles. The summed E-state index contributed by atoms with van der Waals surface area (Å²) in [6, 6.07) is 12.6. The Hall–Kier alpha value is -2.49. The van der Waals surface area contributed by atoms with E-state index in [0.717, 1.165) is 24.9 Å². The lowest BCUT2D eigenvalue weighted by Gasteiger charge is -2.25. The number of benzene rings is 2. The first-order valence-corrected chi connectivity index (χ1v) is 11.9. The molecule has 7 nitrogen and oxygen atoms in total. The fourth-order valence-electron chi connectivity index (χ4n) is 3.66. The SMILES string of the molecule is NS(=O)(=O)c1ccc(CCN2C(=O)CC[C@H]2CCNCCOc2ccc(F)cc2)cc1. The van der Waals surface area contributed by atoms with Gasteiger partial charge in [0.15, 0.2) is 0 Å². The minimum absolute atomic E-state index is 0.0841. The Kier molecular flexibility index (Phi) is 8.00. The second-order valence-corrected chi connectivity index (χ2v) is 9.12. The largest absolute Gasteiger partial charge is 0.492 e. The number of hydrogen-bond acceptors (Lipinski definition) is 5. The molecule has 3 rings (SSSR count). The fraction of sp³-hybridized carbons (Fsp3) is 0.409. The number of carbonyl (C=O) groups is 1. The Bertz CT molecular complexity index is 965. The molecular formula is C22H28FN3O4S. The molecule has 0 spiro atoms. The topological polar surface area (TPSA) is 102 Å². The van der Waals surface area contributed by atoms with Crippen molar-refractivity contribution in [1.29, 1.82) is 0 Å². The number of ether oxygens (including phenoxy) is 1. The highest BCUT2D eigenvalue weighted by atomic mass is 32.2. The Morgan fingerprint density at radius 1 is 1.10 bits per heavy atom. The first-order chi connectivity index (χ1) is 14.8. The zero-order valence-corrected chi connectivity index (χ0v) is 18.1. The van der Waals surface area contributed by atoms with Gasteiger partial charge in [0.1, 0.15) is 18.2 Å². The van der Waals surface area contributed by atoms with E-state index in [9.17, 15) is 17.6 Å². The van der Waals surface area contributed by atoms with E-state index in [1.165, 1.54) is 24.3 Å². The zero-order valence-electron chi connectivity index (χ0n) is 17.3. The van der Waals surface area contributed by atoms with Crippen LogP contribution in [0.3, 0.4) is 0 Å². The molecule has 1 amide bonds. The number of likely N-dealkylation sites (tertiary alicyclic amines) is 1. The van der Waals surface area contributed by atoms with Crippen molar-refractivity contribution in [3.05, 3.63) is 59.9 Å². The number of sulfonamides is 1. The molecule has 2 aromatic carbocycles. The third-order valence-corrected chi connectivity index (χ3v) is 6.29. The Morgan fingerprint density at radius 3 is 2.48 bits per heavy atom. The van der Waals surface area contributed by atoms with Gasteiger partial charge in [0.25, 0.3) is 0 Å². The maximum Gasteiger partial charge on any atom is 0.238 e. The van der Waals surface area contributed by atoms with E-state index in [4.69, 9.17) is 9.88 Å². The van der Waals surface area contributed by atoms with Crippen LogP contribution in [0.15, 0.2) is 53.4 Å². The Balaban J connectivity index is 1.38. The molecule has 2 aromatic rings. The van der Waals surface area contributed by atoms with E-state index in [1.54, 1.807) is 24.3 Å². The molecule has 9 heteroatoms. The molecular weight excluding hydrogens is 421 g/mol. The molecule has 0 radical (unpaired) electrons. The smallest absolute Gasteiger partial charge is 0.238 e. The van der Waals surface area contributed by atoms with Crippen molar-refractivity contribution >= 4 is 15.9 Å². The van der Waals surface area contributed by atoms with Crippen molar-refractivity contribution in [2.24, 2.45) is 5.14 Å². The van der Waals surface area contributed by atoms with Crippen molar-refractivity contribution in [2.45, 2.75) is 36.6 Å². The number of nitrogens with zero attached hydrogens (tertiary/aromatic N) is 1. The average molecular weight is 450 g/mol. The second-order valence-electron chi connectivity index (χ2n) is 7.56. The van der Waals surface area contributed by atoms with Gasteiger partial charge in [-0.15, -0.1) is 0 Å². The summed E-state index contributed by atoms with van der Waals surface area (Å²) in [5, 5.41) is 8.44. The summed E-state index contributed by atoms with van der Waals surface area (Å²) < 4.78 is 41.1. The van der Waals surface area contributed by atoms with Gasteiger partial charge in [-0.2, -0.15) is 0 Å². The van der Waals surface area contributed by atoms with Crippen LogP contribution in [0.5, 0.6) is 5.75 Å². The van der Waals surface area contributed by atoms with Gasteiger partial charge in [-0.05, 0) is 67.8 Å². The molecule has 1 fully saturated rings.